The van der Waals surface area contributed by atoms with Crippen molar-refractivity contribution >= 4 is 17.6 Å². The van der Waals surface area contributed by atoms with Gasteiger partial charge in [-0.1, -0.05) is 30.3 Å². The Morgan fingerprint density at radius 2 is 2.00 bits per heavy atom. The molecule has 1 aliphatic rings. The van der Waals surface area contributed by atoms with E-state index in [9.17, 15) is 14.4 Å². The van der Waals surface area contributed by atoms with Gasteiger partial charge in [0.25, 0.3) is 0 Å². The number of carbonyl (C=O) groups is 3. The summed E-state index contributed by atoms with van der Waals surface area (Å²) >= 11 is 0. The van der Waals surface area contributed by atoms with E-state index in [0.29, 0.717) is 6.42 Å². The van der Waals surface area contributed by atoms with Crippen LogP contribution in [0.25, 0.3) is 0 Å². The van der Waals surface area contributed by atoms with Gasteiger partial charge in [-0.05, 0) is 25.8 Å². The Bertz CT molecular complexity index is 557. The SMILES string of the molecule is CC(C)ONC(=O)C(=O)[C@H]1CNC(=O)[C@@H]1Cc1ccccc1. The van der Waals surface area contributed by atoms with E-state index >= 15 is 0 Å². The van der Waals surface area contributed by atoms with Crippen molar-refractivity contribution in [3.8, 4) is 0 Å². The number of hydrogen-bond donors (Lipinski definition) is 2. The molecule has 2 atom stereocenters. The molecule has 1 fully saturated rings. The third kappa shape index (κ3) is 3.92. The molecule has 0 aliphatic carbocycles. The van der Waals surface area contributed by atoms with Gasteiger partial charge in [0.05, 0.1) is 17.9 Å². The fourth-order valence-corrected chi connectivity index (χ4v) is 2.44. The van der Waals surface area contributed by atoms with E-state index in [-0.39, 0.29) is 18.6 Å². The zero-order chi connectivity index (χ0) is 16.1. The van der Waals surface area contributed by atoms with Crippen LogP contribution in [-0.2, 0) is 25.6 Å². The van der Waals surface area contributed by atoms with Crippen molar-refractivity contribution in [2.75, 3.05) is 6.54 Å². The number of Topliss-reactive ketones (excluding diaryl/α,β-unsaturated/α-hetero) is 1. The van der Waals surface area contributed by atoms with Gasteiger partial charge in [-0.25, -0.2) is 5.48 Å². The highest BCUT2D eigenvalue weighted by Crippen LogP contribution is 2.23. The predicted octanol–water partition coefficient (Wildman–Crippen LogP) is 0.617. The molecule has 2 N–H and O–H groups in total. The molecule has 0 aromatic heterocycles. The van der Waals surface area contributed by atoms with Crippen LogP contribution in [0.3, 0.4) is 0 Å². The first-order chi connectivity index (χ1) is 10.5. The number of ketones is 1. The van der Waals surface area contributed by atoms with Gasteiger partial charge >= 0.3 is 5.91 Å². The minimum absolute atomic E-state index is 0.185. The van der Waals surface area contributed by atoms with Gasteiger partial charge in [-0.15, -0.1) is 0 Å². The van der Waals surface area contributed by atoms with E-state index < -0.39 is 23.5 Å². The second-order valence-electron chi connectivity index (χ2n) is 5.61. The third-order valence-electron chi connectivity index (χ3n) is 3.57. The lowest BCUT2D eigenvalue weighted by Gasteiger charge is -2.16. The maximum atomic E-state index is 12.2. The maximum absolute atomic E-state index is 12.2. The average molecular weight is 304 g/mol. The Hall–Kier alpha value is -2.21. The number of hydroxylamine groups is 1. The molecule has 1 saturated heterocycles. The molecule has 1 aromatic rings. The van der Waals surface area contributed by atoms with Crippen LogP contribution >= 0.6 is 0 Å². The van der Waals surface area contributed by atoms with Crippen LogP contribution in [0.2, 0.25) is 0 Å². The summed E-state index contributed by atoms with van der Waals surface area (Å²) in [5, 5.41) is 2.66. The first kappa shape index (κ1) is 16.2. The fourth-order valence-electron chi connectivity index (χ4n) is 2.44. The molecule has 1 aromatic carbocycles. The van der Waals surface area contributed by atoms with E-state index in [0.717, 1.165) is 5.56 Å². The highest BCUT2D eigenvalue weighted by molar-refractivity contribution is 6.37. The first-order valence-corrected chi connectivity index (χ1v) is 7.30. The lowest BCUT2D eigenvalue weighted by molar-refractivity contribution is -0.150. The molecule has 0 spiro atoms. The van der Waals surface area contributed by atoms with E-state index in [2.05, 4.69) is 10.8 Å². The minimum atomic E-state index is -0.812. The van der Waals surface area contributed by atoms with Gasteiger partial charge in [-0.2, -0.15) is 0 Å². The minimum Gasteiger partial charge on any atom is -0.355 e. The molecule has 118 valence electrons. The van der Waals surface area contributed by atoms with Crippen LogP contribution in [0, 0.1) is 11.8 Å². The molecule has 0 unspecified atom stereocenters. The van der Waals surface area contributed by atoms with Crippen LogP contribution in [0.5, 0.6) is 0 Å². The van der Waals surface area contributed by atoms with Gasteiger partial charge in [-0.3, -0.25) is 19.2 Å². The molecule has 6 heteroatoms. The second-order valence-corrected chi connectivity index (χ2v) is 5.61. The molecular formula is C16H20N2O4. The molecule has 2 amide bonds. The number of nitrogens with one attached hydrogen (secondary N) is 2. The Morgan fingerprint density at radius 1 is 1.32 bits per heavy atom. The second kappa shape index (κ2) is 7.17. The summed E-state index contributed by atoms with van der Waals surface area (Å²) in [4.78, 5) is 40.9. The molecule has 0 radical (unpaired) electrons. The highest BCUT2D eigenvalue weighted by atomic mass is 16.7. The summed E-state index contributed by atoms with van der Waals surface area (Å²) in [6.45, 7) is 3.66. The molecule has 0 bridgehead atoms. The van der Waals surface area contributed by atoms with E-state index in [1.54, 1.807) is 13.8 Å². The summed E-state index contributed by atoms with van der Waals surface area (Å²) in [6.07, 6.45) is 0.210. The van der Waals surface area contributed by atoms with Crippen LogP contribution in [0.15, 0.2) is 30.3 Å². The summed E-state index contributed by atoms with van der Waals surface area (Å²) in [7, 11) is 0. The van der Waals surface area contributed by atoms with Crippen LogP contribution in [0.4, 0.5) is 0 Å². The third-order valence-corrected chi connectivity index (χ3v) is 3.57. The van der Waals surface area contributed by atoms with Crippen LogP contribution < -0.4 is 10.8 Å². The summed E-state index contributed by atoms with van der Waals surface area (Å²) in [5.74, 6) is -2.82. The number of amides is 2. The zero-order valence-corrected chi connectivity index (χ0v) is 12.7. The lowest BCUT2D eigenvalue weighted by Crippen LogP contribution is -2.39. The fraction of sp³-hybridized carbons (Fsp3) is 0.438. The smallest absolute Gasteiger partial charge is 0.311 e. The van der Waals surface area contributed by atoms with Gasteiger partial charge in [0, 0.05) is 6.54 Å². The van der Waals surface area contributed by atoms with Crippen molar-refractivity contribution in [1.82, 2.24) is 10.8 Å². The van der Waals surface area contributed by atoms with Gasteiger partial charge in [0.2, 0.25) is 11.7 Å². The molecule has 1 heterocycles. The number of rotatable bonds is 6. The first-order valence-electron chi connectivity index (χ1n) is 7.30. The molecule has 22 heavy (non-hydrogen) atoms. The van der Waals surface area contributed by atoms with E-state index in [1.807, 2.05) is 30.3 Å². The quantitative estimate of drug-likeness (QED) is 0.596. The molecule has 1 aliphatic heterocycles. The Labute approximate surface area is 129 Å². The number of benzene rings is 1. The van der Waals surface area contributed by atoms with Crippen molar-refractivity contribution in [3.05, 3.63) is 35.9 Å². The largest absolute Gasteiger partial charge is 0.355 e. The monoisotopic (exact) mass is 304 g/mol. The Kier molecular flexibility index (Phi) is 5.27. The normalized spacial score (nSPS) is 20.8. The summed E-state index contributed by atoms with van der Waals surface area (Å²) in [6, 6.07) is 9.44. The van der Waals surface area contributed by atoms with Crippen molar-refractivity contribution in [3.63, 3.8) is 0 Å². The average Bonchev–Trinajstić information content (AvgIpc) is 2.86. The van der Waals surface area contributed by atoms with Crippen molar-refractivity contribution in [2.24, 2.45) is 11.8 Å². The zero-order valence-electron chi connectivity index (χ0n) is 12.7. The summed E-state index contributed by atoms with van der Waals surface area (Å²) in [5.41, 5.74) is 3.09. The number of hydrogen-bond acceptors (Lipinski definition) is 4. The number of carbonyl (C=O) groups excluding carboxylic acids is 3. The van der Waals surface area contributed by atoms with Crippen LogP contribution in [0.1, 0.15) is 19.4 Å². The molecule has 6 nitrogen and oxygen atoms in total. The predicted molar refractivity (Wildman–Crippen MR) is 79.5 cm³/mol. The maximum Gasteiger partial charge on any atom is 0.311 e. The molecule has 0 saturated carbocycles. The Balaban J connectivity index is 2.03. The van der Waals surface area contributed by atoms with Crippen molar-refractivity contribution in [2.45, 2.75) is 26.4 Å². The van der Waals surface area contributed by atoms with Gasteiger partial charge in [0.15, 0.2) is 0 Å². The lowest BCUT2D eigenvalue weighted by atomic mass is 9.86. The standard InChI is InChI=1S/C16H20N2O4/c1-10(2)22-18-16(21)14(19)13-9-17-15(20)12(13)8-11-6-4-3-5-7-11/h3-7,10,12-13H,8-9H2,1-2H3,(H,17,20)(H,18,21)/t12-,13+/m1/s1. The molecular weight excluding hydrogens is 284 g/mol. The van der Waals surface area contributed by atoms with E-state index in [4.69, 9.17) is 4.84 Å². The van der Waals surface area contributed by atoms with Gasteiger partial charge < -0.3 is 5.32 Å². The Morgan fingerprint density at radius 3 is 2.64 bits per heavy atom. The molecule has 2 rings (SSSR count). The summed E-state index contributed by atoms with van der Waals surface area (Å²) < 4.78 is 0. The van der Waals surface area contributed by atoms with Crippen LogP contribution in [-0.4, -0.2) is 30.2 Å². The van der Waals surface area contributed by atoms with Gasteiger partial charge in [0.1, 0.15) is 0 Å². The topological polar surface area (TPSA) is 84.5 Å². The van der Waals surface area contributed by atoms with E-state index in [1.165, 1.54) is 0 Å². The van der Waals surface area contributed by atoms with Crippen molar-refractivity contribution < 1.29 is 19.2 Å². The van der Waals surface area contributed by atoms with Crippen molar-refractivity contribution in [1.29, 1.82) is 0 Å². The highest BCUT2D eigenvalue weighted by Gasteiger charge is 2.41.